The van der Waals surface area contributed by atoms with Crippen molar-refractivity contribution in [3.63, 3.8) is 0 Å². The Balaban J connectivity index is 1.55. The molecule has 0 radical (unpaired) electrons. The topological polar surface area (TPSA) is 83.6 Å². The summed E-state index contributed by atoms with van der Waals surface area (Å²) in [5, 5.41) is 3.58. The molecule has 8 heteroatoms. The SMILES string of the molecule is O=C(CN1CCS(=O)(=O)CC1)Nc1sc2c(c1C(=O)c1ccccc1)CCCC2. The van der Waals surface area contributed by atoms with Gasteiger partial charge in [-0.15, -0.1) is 11.3 Å². The molecule has 0 atom stereocenters. The molecule has 1 N–H and O–H groups in total. The van der Waals surface area contributed by atoms with E-state index in [-0.39, 0.29) is 29.7 Å². The molecule has 0 unspecified atom stereocenters. The Labute approximate surface area is 174 Å². The van der Waals surface area contributed by atoms with Gasteiger partial charge in [0, 0.05) is 23.5 Å². The van der Waals surface area contributed by atoms with Gasteiger partial charge in [0.05, 0.1) is 23.6 Å². The van der Waals surface area contributed by atoms with E-state index in [4.69, 9.17) is 0 Å². The third-order valence-corrected chi connectivity index (χ3v) is 8.31. The number of benzene rings is 1. The number of amides is 1. The number of sulfone groups is 1. The van der Waals surface area contributed by atoms with Gasteiger partial charge >= 0.3 is 0 Å². The van der Waals surface area contributed by atoms with E-state index in [1.807, 2.05) is 23.1 Å². The molecule has 2 aliphatic rings. The third kappa shape index (κ3) is 4.60. The molecular weight excluding hydrogens is 408 g/mol. The first-order valence-electron chi connectivity index (χ1n) is 9.90. The number of thiophene rings is 1. The zero-order valence-corrected chi connectivity index (χ0v) is 17.8. The highest BCUT2D eigenvalue weighted by atomic mass is 32.2. The number of aryl methyl sites for hydroxylation is 1. The van der Waals surface area contributed by atoms with Gasteiger partial charge in [-0.05, 0) is 31.2 Å². The number of hydrogen-bond donors (Lipinski definition) is 1. The Hall–Kier alpha value is -2.03. The second-order valence-electron chi connectivity index (χ2n) is 7.59. The molecule has 1 aliphatic carbocycles. The first-order valence-corrected chi connectivity index (χ1v) is 12.5. The van der Waals surface area contributed by atoms with Crippen LogP contribution in [0.2, 0.25) is 0 Å². The third-order valence-electron chi connectivity index (χ3n) is 5.49. The average Bonchev–Trinajstić information content (AvgIpc) is 3.07. The van der Waals surface area contributed by atoms with Gasteiger partial charge < -0.3 is 5.32 Å². The van der Waals surface area contributed by atoms with E-state index in [9.17, 15) is 18.0 Å². The van der Waals surface area contributed by atoms with Crippen molar-refractivity contribution >= 4 is 37.9 Å². The van der Waals surface area contributed by atoms with Crippen LogP contribution in [-0.4, -0.2) is 56.1 Å². The number of anilines is 1. The average molecular weight is 433 g/mol. The molecule has 1 aliphatic heterocycles. The predicted molar refractivity (Wildman–Crippen MR) is 115 cm³/mol. The molecule has 0 saturated carbocycles. The molecule has 1 saturated heterocycles. The summed E-state index contributed by atoms with van der Waals surface area (Å²) in [5.74, 6) is -0.0780. The van der Waals surface area contributed by atoms with Crippen LogP contribution in [0.1, 0.15) is 39.2 Å². The maximum Gasteiger partial charge on any atom is 0.239 e. The summed E-state index contributed by atoms with van der Waals surface area (Å²) in [4.78, 5) is 28.9. The molecule has 6 nitrogen and oxygen atoms in total. The van der Waals surface area contributed by atoms with Gasteiger partial charge in [-0.3, -0.25) is 14.5 Å². The molecule has 29 heavy (non-hydrogen) atoms. The minimum Gasteiger partial charge on any atom is -0.316 e. The maximum atomic E-state index is 13.2. The van der Waals surface area contributed by atoms with Gasteiger partial charge in [0.25, 0.3) is 0 Å². The lowest BCUT2D eigenvalue weighted by molar-refractivity contribution is -0.117. The Morgan fingerprint density at radius 1 is 1.03 bits per heavy atom. The highest BCUT2D eigenvalue weighted by Gasteiger charge is 2.28. The van der Waals surface area contributed by atoms with Crippen molar-refractivity contribution in [3.8, 4) is 0 Å². The summed E-state index contributed by atoms with van der Waals surface area (Å²) in [6, 6.07) is 9.16. The number of carbonyl (C=O) groups excluding carboxylic acids is 2. The van der Waals surface area contributed by atoms with Crippen molar-refractivity contribution in [2.75, 3.05) is 36.5 Å². The number of fused-ring (bicyclic) bond motifs is 1. The first kappa shape index (κ1) is 20.3. The molecule has 2 aromatic rings. The first-order chi connectivity index (χ1) is 13.9. The number of carbonyl (C=O) groups is 2. The van der Waals surface area contributed by atoms with Gasteiger partial charge in [0.1, 0.15) is 5.00 Å². The smallest absolute Gasteiger partial charge is 0.239 e. The van der Waals surface area contributed by atoms with Gasteiger partial charge in [0.15, 0.2) is 15.6 Å². The largest absolute Gasteiger partial charge is 0.316 e. The molecule has 4 rings (SSSR count). The minimum atomic E-state index is -2.98. The number of rotatable bonds is 5. The fourth-order valence-electron chi connectivity index (χ4n) is 3.91. The van der Waals surface area contributed by atoms with E-state index < -0.39 is 9.84 Å². The Morgan fingerprint density at radius 2 is 1.72 bits per heavy atom. The Bertz CT molecular complexity index is 1010. The van der Waals surface area contributed by atoms with Crippen LogP contribution in [0.25, 0.3) is 0 Å². The monoisotopic (exact) mass is 432 g/mol. The van der Waals surface area contributed by atoms with Crippen molar-refractivity contribution in [1.29, 1.82) is 0 Å². The van der Waals surface area contributed by atoms with Gasteiger partial charge in [0.2, 0.25) is 5.91 Å². The molecule has 1 amide bonds. The van der Waals surface area contributed by atoms with Crippen molar-refractivity contribution in [2.24, 2.45) is 0 Å². The van der Waals surface area contributed by atoms with Gasteiger partial charge in [-0.2, -0.15) is 0 Å². The van der Waals surface area contributed by atoms with E-state index in [0.29, 0.717) is 29.2 Å². The molecular formula is C21H24N2O4S2. The highest BCUT2D eigenvalue weighted by molar-refractivity contribution is 7.91. The second kappa shape index (κ2) is 8.38. The van der Waals surface area contributed by atoms with Crippen LogP contribution >= 0.6 is 11.3 Å². The van der Waals surface area contributed by atoms with Crippen molar-refractivity contribution in [2.45, 2.75) is 25.7 Å². The Kier molecular flexibility index (Phi) is 5.85. The van der Waals surface area contributed by atoms with Crippen LogP contribution in [0, 0.1) is 0 Å². The lowest BCUT2D eigenvalue weighted by Gasteiger charge is -2.25. The van der Waals surface area contributed by atoms with E-state index in [1.165, 1.54) is 16.2 Å². The number of ketones is 1. The molecule has 2 heterocycles. The van der Waals surface area contributed by atoms with Crippen molar-refractivity contribution < 1.29 is 18.0 Å². The van der Waals surface area contributed by atoms with Gasteiger partial charge in [-0.1, -0.05) is 30.3 Å². The van der Waals surface area contributed by atoms with Crippen LogP contribution in [0.15, 0.2) is 30.3 Å². The van der Waals surface area contributed by atoms with Crippen LogP contribution in [-0.2, 0) is 27.5 Å². The Morgan fingerprint density at radius 3 is 2.45 bits per heavy atom. The van der Waals surface area contributed by atoms with Crippen LogP contribution in [0.3, 0.4) is 0 Å². The van der Waals surface area contributed by atoms with E-state index in [1.54, 1.807) is 12.1 Å². The number of nitrogens with zero attached hydrogens (tertiary/aromatic N) is 1. The summed E-state index contributed by atoms with van der Waals surface area (Å²) < 4.78 is 23.2. The number of nitrogens with one attached hydrogen (secondary N) is 1. The zero-order chi connectivity index (χ0) is 20.4. The van der Waals surface area contributed by atoms with Crippen molar-refractivity contribution in [3.05, 3.63) is 51.9 Å². The maximum absolute atomic E-state index is 13.2. The molecule has 0 spiro atoms. The van der Waals surface area contributed by atoms with Crippen molar-refractivity contribution in [1.82, 2.24) is 4.90 Å². The predicted octanol–water partition coefficient (Wildman–Crippen LogP) is 2.53. The van der Waals surface area contributed by atoms with E-state index >= 15 is 0 Å². The standard InChI is InChI=1S/C21H24N2O4S2/c24-18(14-23-10-12-29(26,27)13-11-23)22-21-19(16-8-4-5-9-17(16)28-21)20(25)15-6-2-1-3-7-15/h1-3,6-7H,4-5,8-14H2,(H,22,24). The van der Waals surface area contributed by atoms with Crippen LogP contribution in [0.5, 0.6) is 0 Å². The molecule has 0 bridgehead atoms. The summed E-state index contributed by atoms with van der Waals surface area (Å²) in [6.45, 7) is 0.871. The van der Waals surface area contributed by atoms with Crippen LogP contribution in [0.4, 0.5) is 5.00 Å². The van der Waals surface area contributed by atoms with Crippen LogP contribution < -0.4 is 5.32 Å². The molecule has 1 aromatic heterocycles. The molecule has 1 fully saturated rings. The summed E-state index contributed by atoms with van der Waals surface area (Å²) in [5.41, 5.74) is 2.33. The summed E-state index contributed by atoms with van der Waals surface area (Å²) in [7, 11) is -2.98. The minimum absolute atomic E-state index is 0.0515. The fraction of sp³-hybridized carbons (Fsp3) is 0.429. The number of hydrogen-bond acceptors (Lipinski definition) is 6. The second-order valence-corrected chi connectivity index (χ2v) is 11.0. The molecule has 154 valence electrons. The zero-order valence-electron chi connectivity index (χ0n) is 16.1. The summed E-state index contributed by atoms with van der Waals surface area (Å²) in [6.07, 6.45) is 3.95. The van der Waals surface area contributed by atoms with E-state index in [2.05, 4.69) is 5.32 Å². The van der Waals surface area contributed by atoms with E-state index in [0.717, 1.165) is 31.2 Å². The molecule has 1 aromatic carbocycles. The fourth-order valence-corrected chi connectivity index (χ4v) is 6.49. The summed E-state index contributed by atoms with van der Waals surface area (Å²) >= 11 is 1.51. The quantitative estimate of drug-likeness (QED) is 0.734. The lowest BCUT2D eigenvalue weighted by Crippen LogP contribution is -2.43. The normalized spacial score (nSPS) is 18.8. The highest BCUT2D eigenvalue weighted by Crippen LogP contribution is 2.39. The lowest BCUT2D eigenvalue weighted by atomic mass is 9.92. The van der Waals surface area contributed by atoms with Gasteiger partial charge in [-0.25, -0.2) is 8.42 Å².